The number of para-hydroxylation sites is 1. The molecule has 2 aliphatic rings. The average Bonchev–Trinajstić information content (AvgIpc) is 3.50. The first-order chi connectivity index (χ1) is 17.9. The highest BCUT2D eigenvalue weighted by atomic mass is 32.2. The highest BCUT2D eigenvalue weighted by Gasteiger charge is 2.39. The molecule has 0 aromatic heterocycles. The molecule has 2 atom stereocenters. The zero-order chi connectivity index (χ0) is 25.9. The third-order valence-electron chi connectivity index (χ3n) is 6.24. The number of thioether (sulfide) groups is 1. The summed E-state index contributed by atoms with van der Waals surface area (Å²) in [5.74, 6) is -0.646. The van der Waals surface area contributed by atoms with Crippen molar-refractivity contribution in [3.63, 3.8) is 0 Å². The summed E-state index contributed by atoms with van der Waals surface area (Å²) in [5.41, 5.74) is 4.13. The fourth-order valence-electron chi connectivity index (χ4n) is 4.23. The van der Waals surface area contributed by atoms with Gasteiger partial charge in [0.05, 0.1) is 24.6 Å². The molecule has 2 amide bonds. The zero-order valence-corrected chi connectivity index (χ0v) is 21.2. The van der Waals surface area contributed by atoms with Gasteiger partial charge in [0.2, 0.25) is 5.91 Å². The molecule has 188 valence electrons. The molecule has 0 fully saturated rings. The van der Waals surface area contributed by atoms with Gasteiger partial charge in [0.25, 0.3) is 5.91 Å². The van der Waals surface area contributed by atoms with E-state index in [1.165, 1.54) is 23.9 Å². The summed E-state index contributed by atoms with van der Waals surface area (Å²) in [4.78, 5) is 29.6. The van der Waals surface area contributed by atoms with Crippen LogP contribution in [0.4, 0.5) is 10.1 Å². The fraction of sp³-hybridized carbons (Fsp3) is 0.214. The largest absolute Gasteiger partial charge is 0.497 e. The molecule has 5 rings (SSSR count). The smallest absolute Gasteiger partial charge is 0.262 e. The number of nitrogens with zero attached hydrogens (tertiary/aromatic N) is 3. The maximum Gasteiger partial charge on any atom is 0.262 e. The van der Waals surface area contributed by atoms with E-state index in [0.29, 0.717) is 11.6 Å². The lowest BCUT2D eigenvalue weighted by atomic mass is 9.98. The van der Waals surface area contributed by atoms with Crippen LogP contribution < -0.4 is 10.1 Å². The Kier molecular flexibility index (Phi) is 7.05. The Labute approximate surface area is 218 Å². The van der Waals surface area contributed by atoms with Crippen molar-refractivity contribution in [3.05, 3.63) is 95.3 Å². The normalized spacial score (nSPS) is 19.0. The van der Waals surface area contributed by atoms with E-state index < -0.39 is 22.9 Å². The minimum Gasteiger partial charge on any atom is -0.497 e. The number of amidine groups is 1. The number of ether oxygens (including phenoxy) is 1. The van der Waals surface area contributed by atoms with Gasteiger partial charge in [-0.1, -0.05) is 65.9 Å². The van der Waals surface area contributed by atoms with Crippen LogP contribution in [0.3, 0.4) is 0 Å². The van der Waals surface area contributed by atoms with Gasteiger partial charge in [-0.3, -0.25) is 9.59 Å². The summed E-state index contributed by atoms with van der Waals surface area (Å²) in [5, 5.41) is 8.90. The maximum atomic E-state index is 13.9. The lowest BCUT2D eigenvalue weighted by molar-refractivity contribution is -0.121. The second kappa shape index (κ2) is 10.6. The van der Waals surface area contributed by atoms with Crippen molar-refractivity contribution < 1.29 is 18.7 Å². The van der Waals surface area contributed by atoms with E-state index in [1.807, 2.05) is 55.5 Å². The Morgan fingerprint density at radius 1 is 1.11 bits per heavy atom. The number of aliphatic imine (C=N–C) groups is 1. The Morgan fingerprint density at radius 3 is 2.54 bits per heavy atom. The van der Waals surface area contributed by atoms with Crippen molar-refractivity contribution >= 4 is 40.1 Å². The third-order valence-corrected chi connectivity index (χ3v) is 7.38. The monoisotopic (exact) mass is 516 g/mol. The number of nitrogens with one attached hydrogen (secondary N) is 1. The van der Waals surface area contributed by atoms with Crippen LogP contribution in [0, 0.1) is 12.7 Å². The van der Waals surface area contributed by atoms with Crippen molar-refractivity contribution in [2.24, 2.45) is 10.1 Å². The summed E-state index contributed by atoms with van der Waals surface area (Å²) in [6.45, 7) is 2.03. The van der Waals surface area contributed by atoms with Gasteiger partial charge in [-0.2, -0.15) is 10.1 Å². The highest BCUT2D eigenvalue weighted by Crippen LogP contribution is 2.39. The van der Waals surface area contributed by atoms with Crippen molar-refractivity contribution in [1.82, 2.24) is 5.01 Å². The number of benzene rings is 3. The second-order valence-electron chi connectivity index (χ2n) is 8.82. The molecule has 0 bridgehead atoms. The highest BCUT2D eigenvalue weighted by molar-refractivity contribution is 8.15. The van der Waals surface area contributed by atoms with Crippen LogP contribution in [-0.2, 0) is 9.59 Å². The van der Waals surface area contributed by atoms with E-state index in [-0.39, 0.29) is 18.2 Å². The topological polar surface area (TPSA) is 83.4 Å². The van der Waals surface area contributed by atoms with Crippen molar-refractivity contribution in [2.75, 3.05) is 12.4 Å². The summed E-state index contributed by atoms with van der Waals surface area (Å²) in [6.07, 6.45) is 0.502. The maximum absolute atomic E-state index is 13.9. The molecule has 37 heavy (non-hydrogen) atoms. The predicted molar refractivity (Wildman–Crippen MR) is 143 cm³/mol. The number of carbonyl (C=O) groups excluding carboxylic acids is 2. The quantitative estimate of drug-likeness (QED) is 0.480. The van der Waals surface area contributed by atoms with E-state index in [2.05, 4.69) is 10.3 Å². The average molecular weight is 517 g/mol. The minimum absolute atomic E-state index is 0.0792. The van der Waals surface area contributed by atoms with E-state index in [9.17, 15) is 14.0 Å². The number of aryl methyl sites for hydroxylation is 1. The van der Waals surface area contributed by atoms with Gasteiger partial charge in [-0.05, 0) is 42.3 Å². The lowest BCUT2D eigenvalue weighted by Crippen LogP contribution is -2.25. The summed E-state index contributed by atoms with van der Waals surface area (Å²) < 4.78 is 19.2. The van der Waals surface area contributed by atoms with Gasteiger partial charge in [0, 0.05) is 12.8 Å². The third kappa shape index (κ3) is 5.41. The number of anilines is 1. The minimum atomic E-state index is -0.711. The Bertz CT molecular complexity index is 1390. The molecule has 0 saturated heterocycles. The van der Waals surface area contributed by atoms with Gasteiger partial charge >= 0.3 is 0 Å². The van der Waals surface area contributed by atoms with Gasteiger partial charge in [0.1, 0.15) is 16.8 Å². The molecule has 3 aromatic rings. The molecule has 2 heterocycles. The molecule has 2 aliphatic heterocycles. The first-order valence-electron chi connectivity index (χ1n) is 11.8. The first kappa shape index (κ1) is 24.7. The SMILES string of the molecule is COc1ccc([C@H]2CC(c3ccc(C)cc3)=NN2C2=NC(=O)[C@H](CC(=O)Nc3ccccc3F)S2)cc1. The standard InChI is InChI=1S/C28H25FN4O3S/c1-17-7-9-18(10-8-17)23-15-24(19-11-13-20(36-2)14-12-19)33(32-23)28-31-27(35)25(37-28)16-26(34)30-22-6-4-3-5-21(22)29/h3-14,24-25H,15-16H2,1-2H3,(H,30,34)/t24-,25+/m1/s1. The van der Waals surface area contributed by atoms with Crippen LogP contribution in [0.5, 0.6) is 5.75 Å². The van der Waals surface area contributed by atoms with E-state index in [0.717, 1.165) is 28.2 Å². The molecule has 0 radical (unpaired) electrons. The summed E-state index contributed by atoms with van der Waals surface area (Å²) >= 11 is 1.20. The van der Waals surface area contributed by atoms with Crippen molar-refractivity contribution in [3.8, 4) is 5.75 Å². The Balaban J connectivity index is 1.36. The Hall–Kier alpha value is -3.98. The molecular formula is C28H25FN4O3S. The number of hydrogen-bond acceptors (Lipinski definition) is 6. The number of rotatable bonds is 6. The number of halogens is 1. The van der Waals surface area contributed by atoms with Crippen molar-refractivity contribution in [1.29, 1.82) is 0 Å². The predicted octanol–water partition coefficient (Wildman–Crippen LogP) is 5.32. The molecule has 9 heteroatoms. The van der Waals surface area contributed by atoms with Crippen LogP contribution in [-0.4, -0.2) is 40.1 Å². The summed E-state index contributed by atoms with van der Waals surface area (Å²) in [7, 11) is 1.62. The number of carbonyl (C=O) groups is 2. The van der Waals surface area contributed by atoms with Crippen LogP contribution in [0.1, 0.15) is 35.6 Å². The fourth-order valence-corrected chi connectivity index (χ4v) is 5.29. The number of hydrazone groups is 1. The van der Waals surface area contributed by atoms with Gasteiger partial charge in [-0.15, -0.1) is 0 Å². The zero-order valence-electron chi connectivity index (χ0n) is 20.3. The summed E-state index contributed by atoms with van der Waals surface area (Å²) in [6, 6.07) is 21.6. The van der Waals surface area contributed by atoms with Gasteiger partial charge in [-0.25, -0.2) is 9.40 Å². The second-order valence-corrected chi connectivity index (χ2v) is 9.99. The molecule has 0 spiro atoms. The molecule has 1 N–H and O–H groups in total. The molecule has 0 saturated carbocycles. The molecule has 7 nitrogen and oxygen atoms in total. The van der Waals surface area contributed by atoms with Gasteiger partial charge in [0.15, 0.2) is 5.17 Å². The first-order valence-corrected chi connectivity index (χ1v) is 12.7. The van der Waals surface area contributed by atoms with Gasteiger partial charge < -0.3 is 10.1 Å². The molecule has 0 unspecified atom stereocenters. The van der Waals surface area contributed by atoms with Crippen LogP contribution in [0.15, 0.2) is 82.9 Å². The molecule has 3 aromatic carbocycles. The van der Waals surface area contributed by atoms with E-state index in [1.54, 1.807) is 24.3 Å². The van der Waals surface area contributed by atoms with E-state index >= 15 is 0 Å². The number of amides is 2. The van der Waals surface area contributed by atoms with E-state index in [4.69, 9.17) is 9.84 Å². The van der Waals surface area contributed by atoms with Crippen molar-refractivity contribution in [2.45, 2.75) is 31.1 Å². The molecule has 0 aliphatic carbocycles. The van der Waals surface area contributed by atoms with Crippen LogP contribution >= 0.6 is 11.8 Å². The van der Waals surface area contributed by atoms with Crippen LogP contribution in [0.2, 0.25) is 0 Å². The molecular weight excluding hydrogens is 491 g/mol. The Morgan fingerprint density at radius 2 is 1.84 bits per heavy atom. The number of methoxy groups -OCH3 is 1. The number of hydrogen-bond donors (Lipinski definition) is 1. The lowest BCUT2D eigenvalue weighted by Gasteiger charge is -2.23. The van der Waals surface area contributed by atoms with Crippen LogP contribution in [0.25, 0.3) is 0 Å².